The second kappa shape index (κ2) is 6.34. The number of benzene rings is 1. The van der Waals surface area contributed by atoms with Gasteiger partial charge in [0.15, 0.2) is 0 Å². The molecule has 1 fully saturated rings. The molecule has 1 aliphatic heterocycles. The molecule has 1 atom stereocenters. The number of furan rings is 1. The normalized spacial score (nSPS) is 18.1. The van der Waals surface area contributed by atoms with Crippen molar-refractivity contribution in [2.24, 2.45) is 0 Å². The van der Waals surface area contributed by atoms with Crippen molar-refractivity contribution in [3.05, 3.63) is 54.1 Å². The third-order valence-electron chi connectivity index (χ3n) is 4.93. The van der Waals surface area contributed by atoms with Crippen LogP contribution in [-0.2, 0) is 0 Å². The van der Waals surface area contributed by atoms with Crippen LogP contribution in [0.15, 0.2) is 47.2 Å². The third-order valence-corrected chi connectivity index (χ3v) is 4.93. The fourth-order valence-corrected chi connectivity index (χ4v) is 3.53. The molecule has 24 heavy (non-hydrogen) atoms. The number of fused-ring (bicyclic) bond motifs is 1. The fourth-order valence-electron chi connectivity index (χ4n) is 3.53. The van der Waals surface area contributed by atoms with Crippen LogP contribution in [-0.4, -0.2) is 55.1 Å². The molecule has 5 heteroatoms. The van der Waals surface area contributed by atoms with Crippen molar-refractivity contribution in [3.8, 4) is 5.75 Å². The van der Waals surface area contributed by atoms with Gasteiger partial charge in [0.1, 0.15) is 11.5 Å². The van der Waals surface area contributed by atoms with Crippen LogP contribution in [0.5, 0.6) is 5.75 Å². The van der Waals surface area contributed by atoms with Gasteiger partial charge in [-0.1, -0.05) is 0 Å². The molecule has 4 rings (SSSR count). The molecule has 3 heterocycles. The SMILES string of the molecule is COc1ccc2[nH]cc(C(c3ccco3)N3CCN(C)CC3)c2c1. The first-order chi connectivity index (χ1) is 11.8. The molecule has 0 spiro atoms. The van der Waals surface area contributed by atoms with Crippen LogP contribution < -0.4 is 4.74 Å². The minimum atomic E-state index is 0.120. The van der Waals surface area contributed by atoms with Gasteiger partial charge < -0.3 is 19.0 Å². The Morgan fingerprint density at radius 2 is 2.00 bits per heavy atom. The minimum Gasteiger partial charge on any atom is -0.497 e. The quantitative estimate of drug-likeness (QED) is 0.800. The van der Waals surface area contributed by atoms with Crippen LogP contribution in [0.4, 0.5) is 0 Å². The summed E-state index contributed by atoms with van der Waals surface area (Å²) < 4.78 is 11.2. The molecule has 1 aliphatic rings. The highest BCUT2D eigenvalue weighted by Gasteiger charge is 2.29. The van der Waals surface area contributed by atoms with Crippen LogP contribution in [0.3, 0.4) is 0 Å². The van der Waals surface area contributed by atoms with E-state index in [1.807, 2.05) is 12.1 Å². The summed E-state index contributed by atoms with van der Waals surface area (Å²) in [6.45, 7) is 4.20. The van der Waals surface area contributed by atoms with E-state index in [1.165, 1.54) is 10.9 Å². The molecule has 1 N–H and O–H groups in total. The molecule has 3 aromatic rings. The molecule has 1 aromatic carbocycles. The first-order valence-electron chi connectivity index (χ1n) is 8.37. The number of ether oxygens (including phenoxy) is 1. The Bertz CT molecular complexity index is 801. The molecule has 0 saturated carbocycles. The number of nitrogens with zero attached hydrogens (tertiary/aromatic N) is 2. The van der Waals surface area contributed by atoms with Gasteiger partial charge in [0.2, 0.25) is 0 Å². The summed E-state index contributed by atoms with van der Waals surface area (Å²) in [7, 11) is 3.88. The van der Waals surface area contributed by atoms with Gasteiger partial charge >= 0.3 is 0 Å². The van der Waals surface area contributed by atoms with Gasteiger partial charge in [0, 0.05) is 48.8 Å². The average Bonchev–Trinajstić information content (AvgIpc) is 3.27. The topological polar surface area (TPSA) is 44.6 Å². The maximum absolute atomic E-state index is 5.80. The van der Waals surface area contributed by atoms with E-state index in [2.05, 4.69) is 46.2 Å². The lowest BCUT2D eigenvalue weighted by atomic mass is 10.0. The number of hydrogen-bond acceptors (Lipinski definition) is 4. The van der Waals surface area contributed by atoms with Crippen molar-refractivity contribution < 1.29 is 9.15 Å². The number of likely N-dealkylation sites (N-methyl/N-ethyl adjacent to an activating group) is 1. The van der Waals surface area contributed by atoms with Crippen LogP contribution in [0.25, 0.3) is 10.9 Å². The smallest absolute Gasteiger partial charge is 0.125 e. The van der Waals surface area contributed by atoms with Gasteiger partial charge in [0.25, 0.3) is 0 Å². The monoisotopic (exact) mass is 325 g/mol. The Balaban J connectivity index is 1.79. The Kier molecular flexibility index (Phi) is 4.04. The van der Waals surface area contributed by atoms with Crippen molar-refractivity contribution in [1.29, 1.82) is 0 Å². The van der Waals surface area contributed by atoms with Crippen molar-refractivity contribution in [1.82, 2.24) is 14.8 Å². The van der Waals surface area contributed by atoms with E-state index in [-0.39, 0.29) is 6.04 Å². The number of nitrogens with one attached hydrogen (secondary N) is 1. The molecule has 1 saturated heterocycles. The number of hydrogen-bond donors (Lipinski definition) is 1. The number of H-pyrrole nitrogens is 1. The number of aromatic amines is 1. The average molecular weight is 325 g/mol. The molecular formula is C19H23N3O2. The van der Waals surface area contributed by atoms with Gasteiger partial charge in [0.05, 0.1) is 19.4 Å². The molecule has 126 valence electrons. The summed E-state index contributed by atoms with van der Waals surface area (Å²) in [5.74, 6) is 1.86. The minimum absolute atomic E-state index is 0.120. The van der Waals surface area contributed by atoms with Crippen molar-refractivity contribution in [2.45, 2.75) is 6.04 Å². The molecular weight excluding hydrogens is 302 g/mol. The van der Waals surface area contributed by atoms with Gasteiger partial charge in [-0.15, -0.1) is 0 Å². The van der Waals surface area contributed by atoms with E-state index in [9.17, 15) is 0 Å². The first-order valence-corrected chi connectivity index (χ1v) is 8.37. The molecule has 0 radical (unpaired) electrons. The van der Waals surface area contributed by atoms with Gasteiger partial charge in [-0.2, -0.15) is 0 Å². The summed E-state index contributed by atoms with van der Waals surface area (Å²) in [5.41, 5.74) is 2.36. The predicted octanol–water partition coefficient (Wildman–Crippen LogP) is 3.11. The maximum Gasteiger partial charge on any atom is 0.125 e. The number of rotatable bonds is 4. The Labute approximate surface area is 141 Å². The number of methoxy groups -OCH3 is 1. The van der Waals surface area contributed by atoms with Crippen molar-refractivity contribution >= 4 is 10.9 Å². The third kappa shape index (κ3) is 2.70. The van der Waals surface area contributed by atoms with Crippen molar-refractivity contribution in [3.63, 3.8) is 0 Å². The lowest BCUT2D eigenvalue weighted by molar-refractivity contribution is 0.118. The summed E-state index contributed by atoms with van der Waals surface area (Å²) in [6, 6.07) is 10.3. The molecule has 1 unspecified atom stereocenters. The highest BCUT2D eigenvalue weighted by molar-refractivity contribution is 5.85. The number of aromatic nitrogens is 1. The second-order valence-electron chi connectivity index (χ2n) is 6.41. The van der Waals surface area contributed by atoms with Gasteiger partial charge in [-0.25, -0.2) is 0 Å². The zero-order chi connectivity index (χ0) is 16.5. The highest BCUT2D eigenvalue weighted by Crippen LogP contribution is 2.35. The van der Waals surface area contributed by atoms with Crippen molar-refractivity contribution in [2.75, 3.05) is 40.3 Å². The van der Waals surface area contributed by atoms with E-state index in [1.54, 1.807) is 13.4 Å². The lowest BCUT2D eigenvalue weighted by Crippen LogP contribution is -2.46. The van der Waals surface area contributed by atoms with E-state index >= 15 is 0 Å². The zero-order valence-electron chi connectivity index (χ0n) is 14.2. The molecule has 0 bridgehead atoms. The summed E-state index contributed by atoms with van der Waals surface area (Å²) in [6.07, 6.45) is 3.86. The standard InChI is InChI=1S/C19H23N3O2/c1-21-7-9-22(10-8-21)19(18-4-3-11-24-18)16-13-20-17-6-5-14(23-2)12-15(16)17/h3-6,11-13,19-20H,7-10H2,1-2H3. The Hall–Kier alpha value is -2.24. The first kappa shape index (κ1) is 15.3. The zero-order valence-corrected chi connectivity index (χ0v) is 14.2. The second-order valence-corrected chi connectivity index (χ2v) is 6.41. The van der Waals surface area contributed by atoms with Crippen LogP contribution in [0.2, 0.25) is 0 Å². The summed E-state index contributed by atoms with van der Waals surface area (Å²) in [5, 5.41) is 1.19. The number of piperazine rings is 1. The van der Waals surface area contributed by atoms with Gasteiger partial charge in [-0.05, 0) is 37.4 Å². The van der Waals surface area contributed by atoms with Crippen LogP contribution in [0, 0.1) is 0 Å². The van der Waals surface area contributed by atoms with E-state index in [4.69, 9.17) is 9.15 Å². The molecule has 2 aromatic heterocycles. The summed E-state index contributed by atoms with van der Waals surface area (Å²) >= 11 is 0. The molecule has 0 aliphatic carbocycles. The molecule has 5 nitrogen and oxygen atoms in total. The maximum atomic E-state index is 5.80. The Morgan fingerprint density at radius 1 is 1.17 bits per heavy atom. The van der Waals surface area contributed by atoms with Crippen LogP contribution >= 0.6 is 0 Å². The highest BCUT2D eigenvalue weighted by atomic mass is 16.5. The van der Waals surface area contributed by atoms with Crippen LogP contribution in [0.1, 0.15) is 17.4 Å². The molecule has 0 amide bonds. The predicted molar refractivity (Wildman–Crippen MR) is 94.5 cm³/mol. The van der Waals surface area contributed by atoms with E-state index < -0.39 is 0 Å². The van der Waals surface area contributed by atoms with E-state index in [0.717, 1.165) is 43.2 Å². The Morgan fingerprint density at radius 3 is 2.71 bits per heavy atom. The lowest BCUT2D eigenvalue weighted by Gasteiger charge is -2.37. The summed E-state index contributed by atoms with van der Waals surface area (Å²) in [4.78, 5) is 8.27. The van der Waals surface area contributed by atoms with Gasteiger partial charge in [-0.3, -0.25) is 4.90 Å². The fraction of sp³-hybridized carbons (Fsp3) is 0.368. The van der Waals surface area contributed by atoms with E-state index in [0.29, 0.717) is 0 Å². The largest absolute Gasteiger partial charge is 0.497 e.